The molecule has 29 heavy (non-hydrogen) atoms. The minimum absolute atomic E-state index is 0. The molecule has 0 atom stereocenters. The first-order valence-corrected chi connectivity index (χ1v) is 10.5. The molecule has 1 fully saturated rings. The molecule has 0 amide bonds. The fraction of sp³-hybridized carbons (Fsp3) is 0.458. The van der Waals surface area contributed by atoms with Crippen LogP contribution in [0.2, 0.25) is 0 Å². The van der Waals surface area contributed by atoms with Crippen molar-refractivity contribution in [3.05, 3.63) is 59.2 Å². The lowest BCUT2D eigenvalue weighted by Gasteiger charge is -2.36. The second-order valence-corrected chi connectivity index (χ2v) is 7.93. The summed E-state index contributed by atoms with van der Waals surface area (Å²) < 4.78 is 6.06. The molecule has 0 bridgehead atoms. The van der Waals surface area contributed by atoms with Gasteiger partial charge in [0.1, 0.15) is 5.75 Å². The van der Waals surface area contributed by atoms with Crippen LogP contribution in [0.15, 0.2) is 42.5 Å². The molecule has 0 radical (unpaired) electrons. The average molecular weight is 415 g/mol. The Morgan fingerprint density at radius 1 is 0.966 bits per heavy atom. The second kappa shape index (κ2) is 10.1. The van der Waals surface area contributed by atoms with Gasteiger partial charge in [-0.1, -0.05) is 29.8 Å². The number of aryl methyl sites for hydroxylation is 1. The van der Waals surface area contributed by atoms with E-state index in [0.717, 1.165) is 68.9 Å². The SMILES string of the molecule is Cc1ccc(N2CCN(CCCOc3cccc4c3CCCC4=O)CC2)cc1.Cl. The van der Waals surface area contributed by atoms with E-state index >= 15 is 0 Å². The van der Waals surface area contributed by atoms with Crippen molar-refractivity contribution < 1.29 is 9.53 Å². The molecule has 4 nitrogen and oxygen atoms in total. The summed E-state index contributed by atoms with van der Waals surface area (Å²) in [5.74, 6) is 1.17. The minimum atomic E-state index is 0. The molecule has 1 saturated heterocycles. The average Bonchev–Trinajstić information content (AvgIpc) is 2.73. The molecule has 4 rings (SSSR count). The lowest BCUT2D eigenvalue weighted by atomic mass is 9.90. The van der Waals surface area contributed by atoms with Crippen LogP contribution in [0.4, 0.5) is 5.69 Å². The van der Waals surface area contributed by atoms with Gasteiger partial charge in [0.15, 0.2) is 5.78 Å². The van der Waals surface area contributed by atoms with Crippen LogP contribution in [0.25, 0.3) is 0 Å². The quantitative estimate of drug-likeness (QED) is 0.650. The highest BCUT2D eigenvalue weighted by Gasteiger charge is 2.20. The lowest BCUT2D eigenvalue weighted by molar-refractivity contribution is 0.0971. The van der Waals surface area contributed by atoms with Gasteiger partial charge < -0.3 is 9.64 Å². The van der Waals surface area contributed by atoms with E-state index in [2.05, 4.69) is 41.0 Å². The number of carbonyl (C=O) groups excluding carboxylic acids is 1. The van der Waals surface area contributed by atoms with Gasteiger partial charge >= 0.3 is 0 Å². The fourth-order valence-electron chi connectivity index (χ4n) is 4.24. The first-order valence-electron chi connectivity index (χ1n) is 10.5. The smallest absolute Gasteiger partial charge is 0.163 e. The molecular formula is C24H31ClN2O2. The number of Topliss-reactive ketones (excluding diaryl/α,β-unsaturated/α-hetero) is 1. The standard InChI is InChI=1S/C24H30N2O2.ClH/c1-19-9-11-20(12-10-19)26-16-14-25(15-17-26)13-4-18-28-24-8-3-5-21-22(24)6-2-7-23(21)27;/h3,5,8-12H,2,4,6-7,13-18H2,1H3;1H. The Morgan fingerprint density at radius 3 is 2.48 bits per heavy atom. The van der Waals surface area contributed by atoms with Crippen molar-refractivity contribution in [2.24, 2.45) is 0 Å². The van der Waals surface area contributed by atoms with Crippen LogP contribution in [0.1, 0.15) is 40.7 Å². The van der Waals surface area contributed by atoms with Gasteiger partial charge in [-0.05, 0) is 44.4 Å². The number of piperazine rings is 1. The van der Waals surface area contributed by atoms with Crippen LogP contribution in [0.5, 0.6) is 5.75 Å². The summed E-state index contributed by atoms with van der Waals surface area (Å²) in [7, 11) is 0. The molecular weight excluding hydrogens is 384 g/mol. The van der Waals surface area contributed by atoms with Crippen LogP contribution in [-0.2, 0) is 6.42 Å². The van der Waals surface area contributed by atoms with Crippen molar-refractivity contribution in [2.75, 3.05) is 44.2 Å². The maximum absolute atomic E-state index is 12.1. The van der Waals surface area contributed by atoms with Gasteiger partial charge in [-0.15, -0.1) is 12.4 Å². The van der Waals surface area contributed by atoms with Crippen molar-refractivity contribution in [3.63, 3.8) is 0 Å². The number of hydrogen-bond acceptors (Lipinski definition) is 4. The number of rotatable bonds is 6. The predicted molar refractivity (Wildman–Crippen MR) is 121 cm³/mol. The Labute approximate surface area is 180 Å². The maximum atomic E-state index is 12.1. The Kier molecular flexibility index (Phi) is 7.57. The van der Waals surface area contributed by atoms with Crippen LogP contribution in [0.3, 0.4) is 0 Å². The number of nitrogens with zero attached hydrogens (tertiary/aromatic N) is 2. The van der Waals surface area contributed by atoms with Gasteiger partial charge in [-0.25, -0.2) is 0 Å². The third kappa shape index (κ3) is 5.31. The van der Waals surface area contributed by atoms with Gasteiger partial charge in [0.05, 0.1) is 6.61 Å². The molecule has 0 unspecified atom stereocenters. The summed E-state index contributed by atoms with van der Waals surface area (Å²) in [6.45, 7) is 8.27. The van der Waals surface area contributed by atoms with Gasteiger partial charge in [-0.3, -0.25) is 9.69 Å². The third-order valence-electron chi connectivity index (χ3n) is 5.91. The summed E-state index contributed by atoms with van der Waals surface area (Å²) >= 11 is 0. The minimum Gasteiger partial charge on any atom is -0.493 e. The Morgan fingerprint density at radius 2 is 1.72 bits per heavy atom. The summed E-state index contributed by atoms with van der Waals surface area (Å²) in [5, 5.41) is 0. The topological polar surface area (TPSA) is 32.8 Å². The van der Waals surface area contributed by atoms with Crippen molar-refractivity contribution >= 4 is 23.9 Å². The van der Waals surface area contributed by atoms with Crippen LogP contribution >= 0.6 is 12.4 Å². The molecule has 1 aliphatic heterocycles. The molecule has 0 aromatic heterocycles. The zero-order valence-electron chi connectivity index (χ0n) is 17.2. The highest BCUT2D eigenvalue weighted by Crippen LogP contribution is 2.29. The van der Waals surface area contributed by atoms with E-state index in [9.17, 15) is 4.79 Å². The molecule has 0 N–H and O–H groups in total. The fourth-order valence-corrected chi connectivity index (χ4v) is 4.24. The molecule has 0 spiro atoms. The molecule has 2 aliphatic rings. The van der Waals surface area contributed by atoms with Gasteiger partial charge in [-0.2, -0.15) is 0 Å². The summed E-state index contributed by atoms with van der Waals surface area (Å²) in [6, 6.07) is 14.7. The predicted octanol–water partition coefficient (Wildman–Crippen LogP) is 4.53. The number of anilines is 1. The molecule has 2 aromatic carbocycles. The molecule has 1 heterocycles. The van der Waals surface area contributed by atoms with Gasteiger partial charge in [0.2, 0.25) is 0 Å². The number of hydrogen-bond donors (Lipinski definition) is 0. The first-order chi connectivity index (χ1) is 13.7. The second-order valence-electron chi connectivity index (χ2n) is 7.93. The lowest BCUT2D eigenvalue weighted by Crippen LogP contribution is -2.46. The highest BCUT2D eigenvalue weighted by atomic mass is 35.5. The van der Waals surface area contributed by atoms with Crippen LogP contribution in [-0.4, -0.2) is 50.0 Å². The van der Waals surface area contributed by atoms with E-state index in [1.54, 1.807) is 0 Å². The van der Waals surface area contributed by atoms with Crippen molar-refractivity contribution in [2.45, 2.75) is 32.6 Å². The number of fused-ring (bicyclic) bond motifs is 1. The first kappa shape index (κ1) is 21.7. The number of benzene rings is 2. The van der Waals surface area contributed by atoms with E-state index in [1.165, 1.54) is 11.3 Å². The largest absolute Gasteiger partial charge is 0.493 e. The zero-order valence-corrected chi connectivity index (χ0v) is 18.0. The summed E-state index contributed by atoms with van der Waals surface area (Å²) in [6.07, 6.45) is 3.59. The van der Waals surface area contributed by atoms with E-state index in [-0.39, 0.29) is 18.2 Å². The van der Waals surface area contributed by atoms with Crippen molar-refractivity contribution in [1.82, 2.24) is 4.90 Å². The van der Waals surface area contributed by atoms with E-state index < -0.39 is 0 Å². The van der Waals surface area contributed by atoms with Crippen molar-refractivity contribution in [3.8, 4) is 5.75 Å². The summed E-state index contributed by atoms with van der Waals surface area (Å²) in [4.78, 5) is 17.1. The normalized spacial score (nSPS) is 16.9. The number of halogens is 1. The van der Waals surface area contributed by atoms with Crippen LogP contribution < -0.4 is 9.64 Å². The molecule has 156 valence electrons. The zero-order chi connectivity index (χ0) is 19.3. The highest BCUT2D eigenvalue weighted by molar-refractivity contribution is 5.99. The van der Waals surface area contributed by atoms with Crippen molar-refractivity contribution in [1.29, 1.82) is 0 Å². The number of ether oxygens (including phenoxy) is 1. The Hall–Kier alpha value is -2.04. The third-order valence-corrected chi connectivity index (χ3v) is 5.91. The Balaban J connectivity index is 0.00000240. The molecule has 2 aromatic rings. The maximum Gasteiger partial charge on any atom is 0.163 e. The monoisotopic (exact) mass is 414 g/mol. The number of carbonyl (C=O) groups is 1. The molecule has 5 heteroatoms. The van der Waals surface area contributed by atoms with Gasteiger partial charge in [0.25, 0.3) is 0 Å². The van der Waals surface area contributed by atoms with E-state index in [1.807, 2.05) is 18.2 Å². The molecule has 0 saturated carbocycles. The van der Waals surface area contributed by atoms with E-state index in [4.69, 9.17) is 4.74 Å². The molecule has 1 aliphatic carbocycles. The van der Waals surface area contributed by atoms with Gasteiger partial charge in [0, 0.05) is 56.0 Å². The number of ketones is 1. The van der Waals surface area contributed by atoms with Crippen LogP contribution in [0, 0.1) is 6.92 Å². The Bertz CT molecular complexity index is 814. The summed E-state index contributed by atoms with van der Waals surface area (Å²) in [5.41, 5.74) is 4.63. The van der Waals surface area contributed by atoms with E-state index in [0.29, 0.717) is 13.0 Å².